The van der Waals surface area contributed by atoms with E-state index in [1.165, 1.54) is 5.56 Å². The largest absolute Gasteiger partial charge is 4.00 e. The molecule has 0 radical (unpaired) electrons. The Hall–Kier alpha value is -4.01. The molecule has 5 aromatic carbocycles. The van der Waals surface area contributed by atoms with Gasteiger partial charge in [-0.1, -0.05) is 67.7 Å². The Kier molecular flexibility index (Phi) is 6.91. The number of hydrogen-bond acceptors (Lipinski definition) is 3. The molecule has 4 nitrogen and oxygen atoms in total. The van der Waals surface area contributed by atoms with Crippen LogP contribution in [-0.4, -0.2) is 11.6 Å². The molecule has 6 aromatic rings. The van der Waals surface area contributed by atoms with Crippen LogP contribution in [0, 0.1) is 24.9 Å². The molecule has 0 unspecified atom stereocenters. The summed E-state index contributed by atoms with van der Waals surface area (Å²) in [6.07, 6.45) is 0. The molecule has 0 aliphatic carbocycles. The van der Waals surface area contributed by atoms with Crippen molar-refractivity contribution in [2.45, 2.75) is 26.2 Å². The Labute approximate surface area is 256 Å². The summed E-state index contributed by atoms with van der Waals surface area (Å²) >= 11 is 0. The number of aromatic nitrogens is 1. The van der Waals surface area contributed by atoms with Gasteiger partial charge in [0.25, 0.3) is 0 Å². The van der Waals surface area contributed by atoms with E-state index >= 15 is 0 Å². The molecular weight excluding hydrogens is 685 g/mol. The van der Waals surface area contributed by atoms with Gasteiger partial charge >= 0.3 is 21.1 Å². The van der Waals surface area contributed by atoms with Gasteiger partial charge in [-0.25, -0.2) is 0 Å². The van der Waals surface area contributed by atoms with Gasteiger partial charge in [0.1, 0.15) is 0 Å². The molecule has 5 heteroatoms. The van der Waals surface area contributed by atoms with Crippen LogP contribution in [0.1, 0.15) is 26.3 Å². The monoisotopic (exact) mass is 714 g/mol. The second-order valence-electron chi connectivity index (χ2n) is 11.3. The summed E-state index contributed by atoms with van der Waals surface area (Å²) in [4.78, 5) is 4.31. The van der Waals surface area contributed by atoms with Gasteiger partial charge in [0, 0.05) is 28.4 Å². The van der Waals surface area contributed by atoms with Crippen LogP contribution in [-0.2, 0) is 26.5 Å². The Morgan fingerprint density at radius 3 is 2.27 bits per heavy atom. The zero-order chi connectivity index (χ0) is 27.4. The van der Waals surface area contributed by atoms with E-state index in [0.717, 1.165) is 44.6 Å². The van der Waals surface area contributed by atoms with E-state index in [2.05, 4.69) is 140 Å². The zero-order valence-corrected chi connectivity index (χ0v) is 25.7. The van der Waals surface area contributed by atoms with Gasteiger partial charge in [0.05, 0.1) is 0 Å². The fourth-order valence-electron chi connectivity index (χ4n) is 5.45. The average Bonchev–Trinajstić information content (AvgIpc) is 3.48. The third kappa shape index (κ3) is 4.81. The van der Waals surface area contributed by atoms with Crippen molar-refractivity contribution in [1.82, 2.24) is 4.57 Å². The number of para-hydroxylation sites is 4. The van der Waals surface area contributed by atoms with Gasteiger partial charge in [-0.05, 0) is 36.0 Å². The van der Waals surface area contributed by atoms with Gasteiger partial charge in [0.15, 0.2) is 0 Å². The second-order valence-corrected chi connectivity index (χ2v) is 11.3. The fraction of sp³-hybridized carbons (Fsp3) is 0.139. The molecule has 204 valence electrons. The van der Waals surface area contributed by atoms with Crippen molar-refractivity contribution >= 4 is 38.9 Å². The van der Waals surface area contributed by atoms with Gasteiger partial charge in [-0.3, -0.25) is 0 Å². The van der Waals surface area contributed by atoms with Crippen LogP contribution in [0.5, 0.6) is 11.5 Å². The molecule has 0 amide bonds. The molecule has 0 saturated heterocycles. The first kappa shape index (κ1) is 27.2. The summed E-state index contributed by atoms with van der Waals surface area (Å²) in [5.74, 6) is 1.32. The molecule has 0 spiro atoms. The molecule has 1 aliphatic rings. The fourth-order valence-corrected chi connectivity index (χ4v) is 5.45. The predicted molar refractivity (Wildman–Crippen MR) is 164 cm³/mol. The quantitative estimate of drug-likeness (QED) is 0.170. The van der Waals surface area contributed by atoms with Gasteiger partial charge < -0.3 is 19.1 Å². The van der Waals surface area contributed by atoms with Crippen molar-refractivity contribution in [1.29, 1.82) is 0 Å². The average molecular weight is 715 g/mol. The third-order valence-corrected chi connectivity index (χ3v) is 7.50. The molecule has 1 aliphatic heterocycles. The summed E-state index contributed by atoms with van der Waals surface area (Å²) in [6.45, 7) is 8.76. The molecule has 41 heavy (non-hydrogen) atoms. The SMILES string of the molecule is CN1[CH-]N(c2[c-]c(Oc3[c-]cc4c(c3)c3ccccc3n4-c3[c-]cccc3)cc(C(C)(C)C)c2)c2ccccc21.[Pt+4]. The Morgan fingerprint density at radius 2 is 1.49 bits per heavy atom. The van der Waals surface area contributed by atoms with Crippen LogP contribution in [0.4, 0.5) is 17.1 Å². The van der Waals surface area contributed by atoms with Crippen LogP contribution in [0.25, 0.3) is 27.5 Å². The van der Waals surface area contributed by atoms with Crippen LogP contribution < -0.4 is 14.5 Å². The molecule has 2 heterocycles. The summed E-state index contributed by atoms with van der Waals surface area (Å²) in [5.41, 5.74) is 7.52. The molecule has 0 fully saturated rings. The smallest absolute Gasteiger partial charge is 0.509 e. The standard InChI is InChI=1S/C36H29N3O.Pt/c1-36(2,3)25-20-27(38-24-37(4)34-16-10-11-17-35(34)38)22-29(21-25)40-28-18-19-33-31(23-28)30-14-8-9-15-32(30)39(33)26-12-6-5-7-13-26;/h5-12,14-17,19-21,23-24H,1-4H3;/q-4;+4. The van der Waals surface area contributed by atoms with Crippen molar-refractivity contribution in [3.8, 4) is 17.2 Å². The molecular formula is C36H29N3OPt. The molecule has 0 atom stereocenters. The first-order valence-electron chi connectivity index (χ1n) is 13.5. The minimum atomic E-state index is -0.0691. The van der Waals surface area contributed by atoms with Gasteiger partial charge in [-0.15, -0.1) is 53.7 Å². The molecule has 0 N–H and O–H groups in total. The maximum absolute atomic E-state index is 6.52. The Morgan fingerprint density at radius 1 is 0.732 bits per heavy atom. The Balaban J connectivity index is 0.00000302. The van der Waals surface area contributed by atoms with E-state index in [9.17, 15) is 0 Å². The van der Waals surface area contributed by atoms with Gasteiger partial charge in [-0.2, -0.15) is 30.9 Å². The summed E-state index contributed by atoms with van der Waals surface area (Å²) in [7, 11) is 2.07. The molecule has 0 bridgehead atoms. The molecule has 1 aromatic heterocycles. The van der Waals surface area contributed by atoms with Gasteiger partial charge in [0.2, 0.25) is 0 Å². The number of ether oxygens (including phenoxy) is 1. The summed E-state index contributed by atoms with van der Waals surface area (Å²) < 4.78 is 8.75. The minimum Gasteiger partial charge on any atom is -0.509 e. The van der Waals surface area contributed by atoms with Crippen molar-refractivity contribution in [3.63, 3.8) is 0 Å². The predicted octanol–water partition coefficient (Wildman–Crippen LogP) is 8.98. The number of anilines is 3. The number of benzene rings is 5. The topological polar surface area (TPSA) is 20.6 Å². The zero-order valence-electron chi connectivity index (χ0n) is 23.4. The van der Waals surface area contributed by atoms with E-state index in [0.29, 0.717) is 11.5 Å². The van der Waals surface area contributed by atoms with E-state index in [1.807, 2.05) is 24.3 Å². The first-order valence-corrected chi connectivity index (χ1v) is 13.5. The van der Waals surface area contributed by atoms with Crippen molar-refractivity contribution in [3.05, 3.63) is 127 Å². The van der Waals surface area contributed by atoms with Crippen molar-refractivity contribution < 1.29 is 25.8 Å². The number of rotatable bonds is 4. The maximum atomic E-state index is 6.52. The van der Waals surface area contributed by atoms with Crippen molar-refractivity contribution in [2.24, 2.45) is 0 Å². The van der Waals surface area contributed by atoms with Crippen molar-refractivity contribution in [2.75, 3.05) is 16.8 Å². The second kappa shape index (κ2) is 10.4. The van der Waals surface area contributed by atoms with E-state index < -0.39 is 0 Å². The van der Waals surface area contributed by atoms with E-state index in [-0.39, 0.29) is 26.5 Å². The summed E-state index contributed by atoms with van der Waals surface area (Å²) in [5, 5.41) is 2.27. The maximum Gasteiger partial charge on any atom is 4.00 e. The van der Waals surface area contributed by atoms with E-state index in [4.69, 9.17) is 4.74 Å². The van der Waals surface area contributed by atoms with Crippen LogP contribution in [0.15, 0.2) is 97.1 Å². The Bertz CT molecular complexity index is 1870. The minimum absolute atomic E-state index is 0. The summed E-state index contributed by atoms with van der Waals surface area (Å²) in [6, 6.07) is 43.6. The number of fused-ring (bicyclic) bond motifs is 4. The van der Waals surface area contributed by atoms with Crippen LogP contribution >= 0.6 is 0 Å². The molecule has 7 rings (SSSR count). The number of hydrogen-bond donors (Lipinski definition) is 0. The van der Waals surface area contributed by atoms with E-state index in [1.54, 1.807) is 0 Å². The van der Waals surface area contributed by atoms with Crippen LogP contribution in [0.2, 0.25) is 0 Å². The first-order chi connectivity index (χ1) is 19.4. The molecule has 0 saturated carbocycles. The van der Waals surface area contributed by atoms with Crippen LogP contribution in [0.3, 0.4) is 0 Å². The number of nitrogens with zero attached hydrogens (tertiary/aromatic N) is 3. The normalized spacial score (nSPS) is 13.0. The third-order valence-electron chi connectivity index (χ3n) is 7.50.